The minimum absolute atomic E-state index is 0.198. The van der Waals surface area contributed by atoms with E-state index in [9.17, 15) is 5.11 Å². The van der Waals surface area contributed by atoms with Crippen molar-refractivity contribution < 1.29 is 9.84 Å². The van der Waals surface area contributed by atoms with Crippen molar-refractivity contribution in [2.45, 2.75) is 45.4 Å². The fraction of sp³-hybridized carbons (Fsp3) is 0.458. The Hall–Kier alpha value is -2.57. The topological polar surface area (TPSA) is 66.4 Å². The van der Waals surface area contributed by atoms with Crippen molar-refractivity contribution in [3.05, 3.63) is 59.7 Å². The Kier molecular flexibility index (Phi) is 6.55. The van der Waals surface area contributed by atoms with Gasteiger partial charge in [-0.15, -0.1) is 0 Å². The van der Waals surface area contributed by atoms with Crippen LogP contribution in [-0.4, -0.2) is 51.5 Å². The maximum Gasteiger partial charge on any atom is 0.203 e. The van der Waals surface area contributed by atoms with Crippen molar-refractivity contribution in [1.82, 2.24) is 14.0 Å². The molecule has 6 heteroatoms. The number of ether oxygens (including phenoxy) is 1. The van der Waals surface area contributed by atoms with Crippen molar-refractivity contribution in [3.8, 4) is 5.75 Å². The molecule has 0 unspecified atom stereocenters. The number of fused-ring (bicyclic) bond motifs is 1. The Bertz CT molecular complexity index is 1030. The number of aryl methyl sites for hydroxylation is 1. The summed E-state index contributed by atoms with van der Waals surface area (Å²) >= 11 is 0. The molecule has 0 aliphatic carbocycles. The van der Waals surface area contributed by atoms with Crippen molar-refractivity contribution in [1.29, 1.82) is 5.41 Å². The second kappa shape index (κ2) is 9.49. The van der Waals surface area contributed by atoms with Gasteiger partial charge in [-0.25, -0.2) is 0 Å². The van der Waals surface area contributed by atoms with Gasteiger partial charge in [0.2, 0.25) is 5.62 Å². The van der Waals surface area contributed by atoms with Gasteiger partial charge in [0.1, 0.15) is 18.5 Å². The zero-order chi connectivity index (χ0) is 20.9. The minimum Gasteiger partial charge on any atom is -0.491 e. The maximum atomic E-state index is 10.6. The molecular weight excluding hydrogens is 376 g/mol. The van der Waals surface area contributed by atoms with Crippen LogP contribution < -0.4 is 10.4 Å². The minimum atomic E-state index is -0.694. The van der Waals surface area contributed by atoms with E-state index in [0.717, 1.165) is 48.5 Å². The Morgan fingerprint density at radius 3 is 2.43 bits per heavy atom. The monoisotopic (exact) mass is 408 g/mol. The summed E-state index contributed by atoms with van der Waals surface area (Å²) in [7, 11) is 0. The summed E-state index contributed by atoms with van der Waals surface area (Å²) in [5.74, 6) is 0.758. The van der Waals surface area contributed by atoms with Crippen LogP contribution in [0.1, 0.15) is 24.8 Å². The van der Waals surface area contributed by atoms with E-state index in [-0.39, 0.29) is 6.61 Å². The normalized spacial score (nSPS) is 16.1. The van der Waals surface area contributed by atoms with Crippen LogP contribution in [0.2, 0.25) is 0 Å². The van der Waals surface area contributed by atoms with Crippen molar-refractivity contribution >= 4 is 11.0 Å². The molecule has 0 amide bonds. The summed E-state index contributed by atoms with van der Waals surface area (Å²) in [5.41, 5.74) is 3.59. The molecule has 6 nitrogen and oxygen atoms in total. The van der Waals surface area contributed by atoms with Gasteiger partial charge in [0.15, 0.2) is 0 Å². The molecule has 0 radical (unpaired) electrons. The molecule has 1 saturated heterocycles. The SMILES string of the molecule is Cc1cccc(OC[C@H](O)Cn2c(=N)n(CCN3CCCCC3)c3ccccc32)c1. The first-order chi connectivity index (χ1) is 14.6. The lowest BCUT2D eigenvalue weighted by Gasteiger charge is -2.26. The average molecular weight is 409 g/mol. The fourth-order valence-electron chi connectivity index (χ4n) is 4.29. The van der Waals surface area contributed by atoms with Crippen molar-refractivity contribution in [2.24, 2.45) is 0 Å². The molecule has 30 heavy (non-hydrogen) atoms. The van der Waals surface area contributed by atoms with Crippen molar-refractivity contribution in [3.63, 3.8) is 0 Å². The van der Waals surface area contributed by atoms with E-state index < -0.39 is 6.10 Å². The number of rotatable bonds is 8. The zero-order valence-electron chi connectivity index (χ0n) is 17.8. The van der Waals surface area contributed by atoms with E-state index in [1.165, 1.54) is 19.3 Å². The number of para-hydroxylation sites is 2. The number of aliphatic hydroxyl groups is 1. The zero-order valence-corrected chi connectivity index (χ0v) is 17.8. The largest absolute Gasteiger partial charge is 0.491 e. The Balaban J connectivity index is 1.47. The molecule has 0 bridgehead atoms. The second-order valence-corrected chi connectivity index (χ2v) is 8.26. The highest BCUT2D eigenvalue weighted by Crippen LogP contribution is 2.16. The molecule has 4 rings (SSSR count). The summed E-state index contributed by atoms with van der Waals surface area (Å²) < 4.78 is 9.73. The van der Waals surface area contributed by atoms with E-state index in [1.807, 2.05) is 54.0 Å². The number of likely N-dealkylation sites (tertiary alicyclic amines) is 1. The van der Waals surface area contributed by atoms with E-state index in [0.29, 0.717) is 12.2 Å². The van der Waals surface area contributed by atoms with E-state index in [1.54, 1.807) is 0 Å². The molecule has 3 aromatic rings. The lowest BCUT2D eigenvalue weighted by Crippen LogP contribution is -2.36. The number of nitrogens with zero attached hydrogens (tertiary/aromatic N) is 3. The Morgan fingerprint density at radius 1 is 0.967 bits per heavy atom. The van der Waals surface area contributed by atoms with Crippen LogP contribution in [0.15, 0.2) is 48.5 Å². The maximum absolute atomic E-state index is 10.6. The third kappa shape index (κ3) is 4.77. The predicted molar refractivity (Wildman–Crippen MR) is 119 cm³/mol. The summed E-state index contributed by atoms with van der Waals surface area (Å²) in [6, 6.07) is 15.9. The highest BCUT2D eigenvalue weighted by molar-refractivity contribution is 5.75. The standard InChI is InChI=1S/C24H32N4O2/c1-19-8-7-9-21(16-19)30-18-20(29)17-28-23-11-4-3-10-22(23)27(24(28)25)15-14-26-12-5-2-6-13-26/h3-4,7-11,16,20,25,29H,2,5-6,12-15,17-18H2,1H3/t20-/m1/s1. The second-order valence-electron chi connectivity index (χ2n) is 8.26. The third-order valence-corrected chi connectivity index (χ3v) is 5.89. The Morgan fingerprint density at radius 2 is 1.70 bits per heavy atom. The van der Waals surface area contributed by atoms with Gasteiger partial charge in [0.05, 0.1) is 17.6 Å². The third-order valence-electron chi connectivity index (χ3n) is 5.89. The van der Waals surface area contributed by atoms with Crippen molar-refractivity contribution in [2.75, 3.05) is 26.2 Å². The number of benzene rings is 2. The summed E-state index contributed by atoms with van der Waals surface area (Å²) in [6.45, 7) is 6.62. The number of hydrogen-bond acceptors (Lipinski definition) is 4. The smallest absolute Gasteiger partial charge is 0.203 e. The number of aromatic nitrogens is 2. The molecule has 1 aliphatic rings. The van der Waals surface area contributed by atoms with Crippen LogP contribution >= 0.6 is 0 Å². The van der Waals surface area contributed by atoms with E-state index in [2.05, 4.69) is 15.5 Å². The van der Waals surface area contributed by atoms with Crippen LogP contribution in [0.5, 0.6) is 5.75 Å². The molecule has 1 aromatic heterocycles. The average Bonchev–Trinajstić information content (AvgIpc) is 3.03. The van der Waals surface area contributed by atoms with Gasteiger partial charge in [-0.1, -0.05) is 30.7 Å². The molecule has 160 valence electrons. The van der Waals surface area contributed by atoms with Gasteiger partial charge in [0, 0.05) is 13.1 Å². The summed E-state index contributed by atoms with van der Waals surface area (Å²) in [5, 5.41) is 19.4. The van der Waals surface area contributed by atoms with Crippen LogP contribution in [0.3, 0.4) is 0 Å². The van der Waals surface area contributed by atoms with Crippen LogP contribution in [0, 0.1) is 12.3 Å². The molecular formula is C24H32N4O2. The van der Waals surface area contributed by atoms with Crippen LogP contribution in [0.25, 0.3) is 11.0 Å². The molecule has 1 atom stereocenters. The van der Waals surface area contributed by atoms with E-state index >= 15 is 0 Å². The quantitative estimate of drug-likeness (QED) is 0.602. The first-order valence-corrected chi connectivity index (χ1v) is 10.9. The summed E-state index contributed by atoms with van der Waals surface area (Å²) in [4.78, 5) is 2.49. The lowest BCUT2D eigenvalue weighted by molar-refractivity contribution is 0.0920. The first-order valence-electron chi connectivity index (χ1n) is 10.9. The summed E-state index contributed by atoms with van der Waals surface area (Å²) in [6.07, 6.45) is 3.18. The molecule has 2 heterocycles. The molecule has 0 spiro atoms. The van der Waals surface area contributed by atoms with E-state index in [4.69, 9.17) is 10.1 Å². The first kappa shape index (κ1) is 20.7. The molecule has 0 saturated carbocycles. The van der Waals surface area contributed by atoms with Gasteiger partial charge in [0.25, 0.3) is 0 Å². The molecule has 2 aromatic carbocycles. The molecule has 1 fully saturated rings. The van der Waals surface area contributed by atoms with Gasteiger partial charge in [-0.2, -0.15) is 0 Å². The van der Waals surface area contributed by atoms with Crippen LogP contribution in [-0.2, 0) is 13.1 Å². The predicted octanol–water partition coefficient (Wildman–Crippen LogP) is 3.16. The number of hydrogen-bond donors (Lipinski definition) is 2. The molecule has 1 aliphatic heterocycles. The number of nitrogens with one attached hydrogen (secondary N) is 1. The van der Waals surface area contributed by atoms with Crippen LogP contribution in [0.4, 0.5) is 0 Å². The lowest BCUT2D eigenvalue weighted by atomic mass is 10.1. The molecule has 2 N–H and O–H groups in total. The van der Waals surface area contributed by atoms with Gasteiger partial charge in [-0.05, 0) is 62.7 Å². The number of imidazole rings is 1. The highest BCUT2D eigenvalue weighted by atomic mass is 16.5. The Labute approximate surface area is 177 Å². The van der Waals surface area contributed by atoms with Gasteiger partial charge in [-0.3, -0.25) is 5.41 Å². The van der Waals surface area contributed by atoms with Gasteiger partial charge >= 0.3 is 0 Å². The number of piperidine rings is 1. The number of aliphatic hydroxyl groups excluding tert-OH is 1. The highest BCUT2D eigenvalue weighted by Gasteiger charge is 2.16. The fourth-order valence-corrected chi connectivity index (χ4v) is 4.29. The van der Waals surface area contributed by atoms with Gasteiger partial charge < -0.3 is 23.9 Å².